The Labute approximate surface area is 168 Å². The highest BCUT2D eigenvalue weighted by molar-refractivity contribution is 7.92. The standard InChI is InChI=1S/C19H28N2O5S2/c1-2-3-7-15-27(23,24)17-19(22)20-11-13-21(14-12-20)28(25,26)16-10-18-8-5-4-6-9-18/h4-6,8-10,16H,2-3,7,11-15,17H2,1H3/b16-10+. The predicted molar refractivity (Wildman–Crippen MR) is 111 cm³/mol. The Morgan fingerprint density at radius 3 is 2.25 bits per heavy atom. The smallest absolute Gasteiger partial charge is 0.237 e. The Balaban J connectivity index is 1.87. The molecule has 0 bridgehead atoms. The van der Waals surface area contributed by atoms with E-state index < -0.39 is 31.5 Å². The Kier molecular flexibility index (Phi) is 8.21. The van der Waals surface area contributed by atoms with Crippen LogP contribution in [0.1, 0.15) is 31.7 Å². The van der Waals surface area contributed by atoms with Crippen molar-refractivity contribution in [3.05, 3.63) is 41.3 Å². The molecule has 7 nitrogen and oxygen atoms in total. The van der Waals surface area contributed by atoms with Crippen LogP contribution in [0.5, 0.6) is 0 Å². The Hall–Kier alpha value is -1.71. The van der Waals surface area contributed by atoms with Gasteiger partial charge in [0, 0.05) is 31.6 Å². The number of piperazine rings is 1. The number of hydrogen-bond acceptors (Lipinski definition) is 5. The zero-order valence-corrected chi connectivity index (χ0v) is 17.8. The van der Waals surface area contributed by atoms with Crippen LogP contribution in [0.15, 0.2) is 35.7 Å². The second-order valence-corrected chi connectivity index (χ2v) is 10.8. The van der Waals surface area contributed by atoms with E-state index in [2.05, 4.69) is 0 Å². The van der Waals surface area contributed by atoms with Gasteiger partial charge < -0.3 is 4.90 Å². The third kappa shape index (κ3) is 7.03. The number of nitrogens with zero attached hydrogens (tertiary/aromatic N) is 2. The summed E-state index contributed by atoms with van der Waals surface area (Å²) in [6.45, 7) is 2.69. The van der Waals surface area contributed by atoms with Crippen LogP contribution in [0.3, 0.4) is 0 Å². The minimum Gasteiger partial charge on any atom is -0.339 e. The van der Waals surface area contributed by atoms with Gasteiger partial charge in [0.05, 0.1) is 5.75 Å². The number of unbranched alkanes of at least 4 members (excludes halogenated alkanes) is 2. The van der Waals surface area contributed by atoms with Crippen LogP contribution in [0, 0.1) is 0 Å². The van der Waals surface area contributed by atoms with Gasteiger partial charge in [-0.15, -0.1) is 0 Å². The van der Waals surface area contributed by atoms with E-state index in [4.69, 9.17) is 0 Å². The molecular weight excluding hydrogens is 400 g/mol. The number of hydrogen-bond donors (Lipinski definition) is 0. The molecule has 1 fully saturated rings. The van der Waals surface area contributed by atoms with Gasteiger partial charge in [0.2, 0.25) is 15.9 Å². The van der Waals surface area contributed by atoms with Crippen molar-refractivity contribution in [2.24, 2.45) is 0 Å². The normalized spacial score (nSPS) is 16.5. The van der Waals surface area contributed by atoms with Gasteiger partial charge in [0.25, 0.3) is 0 Å². The van der Waals surface area contributed by atoms with E-state index in [1.54, 1.807) is 0 Å². The highest BCUT2D eigenvalue weighted by Crippen LogP contribution is 2.12. The molecule has 0 saturated carbocycles. The molecule has 1 amide bonds. The topological polar surface area (TPSA) is 91.8 Å². The SMILES string of the molecule is CCCCCS(=O)(=O)CC(=O)N1CCN(S(=O)(=O)/C=C/c2ccccc2)CC1. The van der Waals surface area contributed by atoms with Crippen molar-refractivity contribution < 1.29 is 21.6 Å². The number of amides is 1. The molecule has 1 aliphatic heterocycles. The van der Waals surface area contributed by atoms with E-state index in [1.165, 1.54) is 15.3 Å². The average molecular weight is 429 g/mol. The quantitative estimate of drug-likeness (QED) is 0.559. The van der Waals surface area contributed by atoms with Gasteiger partial charge in [-0.1, -0.05) is 50.1 Å². The van der Waals surface area contributed by atoms with E-state index in [0.29, 0.717) is 6.42 Å². The number of rotatable bonds is 9. The summed E-state index contributed by atoms with van der Waals surface area (Å²) >= 11 is 0. The van der Waals surface area contributed by atoms with Crippen molar-refractivity contribution in [2.45, 2.75) is 26.2 Å². The molecule has 2 rings (SSSR count). The molecule has 156 valence electrons. The van der Waals surface area contributed by atoms with Gasteiger partial charge in [-0.2, -0.15) is 4.31 Å². The van der Waals surface area contributed by atoms with Crippen LogP contribution in [0.25, 0.3) is 6.08 Å². The van der Waals surface area contributed by atoms with Gasteiger partial charge in [-0.3, -0.25) is 4.79 Å². The Morgan fingerprint density at radius 1 is 1.00 bits per heavy atom. The van der Waals surface area contributed by atoms with Crippen molar-refractivity contribution in [1.82, 2.24) is 9.21 Å². The van der Waals surface area contributed by atoms with Crippen molar-refractivity contribution in [2.75, 3.05) is 37.7 Å². The van der Waals surface area contributed by atoms with Gasteiger partial charge >= 0.3 is 0 Å². The molecule has 0 spiro atoms. The molecule has 9 heteroatoms. The lowest BCUT2D eigenvalue weighted by molar-refractivity contribution is -0.129. The zero-order chi connectivity index (χ0) is 20.6. The van der Waals surface area contributed by atoms with Crippen LogP contribution < -0.4 is 0 Å². The monoisotopic (exact) mass is 428 g/mol. The number of sulfone groups is 1. The highest BCUT2D eigenvalue weighted by Gasteiger charge is 2.29. The van der Waals surface area contributed by atoms with E-state index in [9.17, 15) is 21.6 Å². The molecular formula is C19H28N2O5S2. The molecule has 0 radical (unpaired) electrons. The summed E-state index contributed by atoms with van der Waals surface area (Å²) < 4.78 is 50.3. The predicted octanol–water partition coefficient (Wildman–Crippen LogP) is 1.74. The first-order valence-electron chi connectivity index (χ1n) is 9.45. The molecule has 1 heterocycles. The minimum absolute atomic E-state index is 0.0191. The lowest BCUT2D eigenvalue weighted by atomic mass is 10.2. The van der Waals surface area contributed by atoms with Crippen LogP contribution >= 0.6 is 0 Å². The highest BCUT2D eigenvalue weighted by atomic mass is 32.2. The first-order valence-corrected chi connectivity index (χ1v) is 12.8. The fourth-order valence-corrected chi connectivity index (χ4v) is 5.45. The van der Waals surface area contributed by atoms with Crippen molar-refractivity contribution in [1.29, 1.82) is 0 Å². The molecule has 28 heavy (non-hydrogen) atoms. The number of carbonyl (C=O) groups is 1. The molecule has 1 aliphatic rings. The molecule has 0 N–H and O–H groups in total. The van der Waals surface area contributed by atoms with Crippen LogP contribution in [0.4, 0.5) is 0 Å². The van der Waals surface area contributed by atoms with Gasteiger partial charge in [-0.05, 0) is 18.1 Å². The maximum absolute atomic E-state index is 12.5. The van der Waals surface area contributed by atoms with E-state index in [-0.39, 0.29) is 31.9 Å². The van der Waals surface area contributed by atoms with E-state index >= 15 is 0 Å². The maximum atomic E-state index is 12.5. The second kappa shape index (κ2) is 10.2. The van der Waals surface area contributed by atoms with E-state index in [0.717, 1.165) is 23.8 Å². The molecule has 1 aromatic rings. The second-order valence-electron chi connectivity index (χ2n) is 6.84. The van der Waals surface area contributed by atoms with Crippen molar-refractivity contribution >= 4 is 31.8 Å². The number of carbonyl (C=O) groups excluding carboxylic acids is 1. The summed E-state index contributed by atoms with van der Waals surface area (Å²) in [5, 5.41) is 1.16. The molecule has 0 aliphatic carbocycles. The fraction of sp³-hybridized carbons (Fsp3) is 0.526. The summed E-state index contributed by atoms with van der Waals surface area (Å²) in [5.74, 6) is -0.934. The lowest BCUT2D eigenvalue weighted by Gasteiger charge is -2.33. The van der Waals surface area contributed by atoms with E-state index in [1.807, 2.05) is 37.3 Å². The van der Waals surface area contributed by atoms with Crippen LogP contribution in [0.2, 0.25) is 0 Å². The fourth-order valence-electron chi connectivity index (χ4n) is 2.93. The summed E-state index contributed by atoms with van der Waals surface area (Å²) in [4.78, 5) is 13.7. The van der Waals surface area contributed by atoms with Gasteiger partial charge in [-0.25, -0.2) is 16.8 Å². The molecule has 0 aromatic heterocycles. The number of benzene rings is 1. The molecule has 1 saturated heterocycles. The summed E-state index contributed by atoms with van der Waals surface area (Å²) in [5.41, 5.74) is 0.785. The maximum Gasteiger partial charge on any atom is 0.237 e. The minimum atomic E-state index is -3.58. The summed E-state index contributed by atoms with van der Waals surface area (Å²) in [7, 11) is -7.00. The Morgan fingerprint density at radius 2 is 1.64 bits per heavy atom. The third-order valence-corrected chi connectivity index (χ3v) is 7.75. The molecule has 0 unspecified atom stereocenters. The first kappa shape index (κ1) is 22.6. The first-order chi connectivity index (χ1) is 13.2. The molecule has 1 aromatic carbocycles. The van der Waals surface area contributed by atoms with Crippen molar-refractivity contribution in [3.8, 4) is 0 Å². The Bertz CT molecular complexity index is 872. The van der Waals surface area contributed by atoms with Crippen LogP contribution in [-0.4, -0.2) is 69.6 Å². The van der Waals surface area contributed by atoms with Crippen molar-refractivity contribution in [3.63, 3.8) is 0 Å². The largest absolute Gasteiger partial charge is 0.339 e. The summed E-state index contributed by atoms with van der Waals surface area (Å²) in [6.07, 6.45) is 3.83. The molecule has 0 atom stereocenters. The zero-order valence-electron chi connectivity index (χ0n) is 16.2. The van der Waals surface area contributed by atoms with Gasteiger partial charge in [0.1, 0.15) is 5.75 Å². The average Bonchev–Trinajstić information content (AvgIpc) is 2.67. The lowest BCUT2D eigenvalue weighted by Crippen LogP contribution is -2.51. The number of sulfonamides is 1. The summed E-state index contributed by atoms with van der Waals surface area (Å²) in [6, 6.07) is 9.12. The van der Waals surface area contributed by atoms with Gasteiger partial charge in [0.15, 0.2) is 9.84 Å². The van der Waals surface area contributed by atoms with Crippen LogP contribution in [-0.2, 0) is 24.7 Å². The third-order valence-electron chi connectivity index (χ3n) is 4.59.